The van der Waals surface area contributed by atoms with Crippen molar-refractivity contribution in [2.45, 2.75) is 19.9 Å². The molecule has 1 N–H and O–H groups in total. The Morgan fingerprint density at radius 3 is 2.52 bits per heavy atom. The van der Waals surface area contributed by atoms with E-state index in [2.05, 4.69) is 51.0 Å². The second-order valence-electron chi connectivity index (χ2n) is 4.67. The van der Waals surface area contributed by atoms with Crippen LogP contribution in [0.5, 0.6) is 11.5 Å². The maximum absolute atomic E-state index is 13.3. The third kappa shape index (κ3) is 4.53. The average molecular weight is 417 g/mol. The van der Waals surface area contributed by atoms with Crippen LogP contribution in [-0.2, 0) is 0 Å². The third-order valence-electron chi connectivity index (χ3n) is 3.02. The maximum atomic E-state index is 13.3. The van der Waals surface area contributed by atoms with Crippen LogP contribution in [0.2, 0.25) is 0 Å². The summed E-state index contributed by atoms with van der Waals surface area (Å²) < 4.78 is 20.6. The van der Waals surface area contributed by atoms with Crippen molar-refractivity contribution in [2.24, 2.45) is 0 Å². The average Bonchev–Trinajstić information content (AvgIpc) is 2.37. The van der Waals surface area contributed by atoms with E-state index < -0.39 is 0 Å². The monoisotopic (exact) mass is 415 g/mol. The summed E-state index contributed by atoms with van der Waals surface area (Å²) in [4.78, 5) is 0. The molecule has 0 bridgehead atoms. The molecular weight excluding hydrogens is 401 g/mol. The first-order chi connectivity index (χ1) is 9.99. The minimum atomic E-state index is -0.337. The molecule has 1 atom stereocenters. The minimum absolute atomic E-state index is 0.252. The Morgan fingerprint density at radius 2 is 1.90 bits per heavy atom. The quantitative estimate of drug-likeness (QED) is 0.663. The smallest absolute Gasteiger partial charge is 0.131 e. The largest absolute Gasteiger partial charge is 0.457 e. The number of hydrogen-bond acceptors (Lipinski definition) is 2. The van der Waals surface area contributed by atoms with E-state index in [0.717, 1.165) is 16.6 Å². The fourth-order valence-electron chi connectivity index (χ4n) is 2.06. The molecule has 0 saturated carbocycles. The van der Waals surface area contributed by atoms with Crippen molar-refractivity contribution in [3.05, 3.63) is 56.7 Å². The van der Waals surface area contributed by atoms with Gasteiger partial charge >= 0.3 is 0 Å². The van der Waals surface area contributed by atoms with Crippen LogP contribution in [0.4, 0.5) is 4.39 Å². The van der Waals surface area contributed by atoms with Crippen molar-refractivity contribution in [1.29, 1.82) is 0 Å². The first-order valence-corrected chi connectivity index (χ1v) is 8.25. The molecule has 0 heterocycles. The van der Waals surface area contributed by atoms with Crippen molar-refractivity contribution < 1.29 is 9.13 Å². The highest BCUT2D eigenvalue weighted by Gasteiger charge is 2.10. The molecule has 0 spiro atoms. The van der Waals surface area contributed by atoms with Crippen LogP contribution >= 0.6 is 31.9 Å². The Kier molecular flexibility index (Phi) is 5.79. The Labute approximate surface area is 141 Å². The topological polar surface area (TPSA) is 21.3 Å². The van der Waals surface area contributed by atoms with Gasteiger partial charge in [-0.2, -0.15) is 0 Å². The molecule has 0 saturated heterocycles. The van der Waals surface area contributed by atoms with Gasteiger partial charge in [0.2, 0.25) is 0 Å². The van der Waals surface area contributed by atoms with Gasteiger partial charge in [0.1, 0.15) is 17.3 Å². The van der Waals surface area contributed by atoms with Gasteiger partial charge in [0.15, 0.2) is 0 Å². The first kappa shape index (κ1) is 16.5. The van der Waals surface area contributed by atoms with Gasteiger partial charge in [0.25, 0.3) is 0 Å². The lowest BCUT2D eigenvalue weighted by atomic mass is 10.1. The van der Waals surface area contributed by atoms with Gasteiger partial charge in [-0.3, -0.25) is 0 Å². The zero-order valence-electron chi connectivity index (χ0n) is 11.8. The van der Waals surface area contributed by atoms with Crippen molar-refractivity contribution in [2.75, 3.05) is 6.54 Å². The van der Waals surface area contributed by atoms with Gasteiger partial charge in [0, 0.05) is 21.1 Å². The van der Waals surface area contributed by atoms with Crippen molar-refractivity contribution >= 4 is 31.9 Å². The molecule has 2 aromatic carbocycles. The van der Waals surface area contributed by atoms with Gasteiger partial charge in [-0.15, -0.1) is 0 Å². The summed E-state index contributed by atoms with van der Waals surface area (Å²) in [6.45, 7) is 5.08. The minimum Gasteiger partial charge on any atom is -0.457 e. The van der Waals surface area contributed by atoms with Crippen LogP contribution < -0.4 is 10.1 Å². The molecule has 112 valence electrons. The summed E-state index contributed by atoms with van der Waals surface area (Å²) in [6, 6.07) is 10.5. The Balaban J connectivity index is 2.20. The number of hydrogen-bond donors (Lipinski definition) is 1. The number of ether oxygens (including phenoxy) is 1. The lowest BCUT2D eigenvalue weighted by molar-refractivity contribution is 0.475. The SMILES string of the molecule is CCNC(C)c1ccc(Oc2cc(F)cc(Br)c2)cc1Br. The predicted molar refractivity (Wildman–Crippen MR) is 90.4 cm³/mol. The highest BCUT2D eigenvalue weighted by atomic mass is 79.9. The fraction of sp³-hybridized carbons (Fsp3) is 0.250. The molecule has 0 aliphatic rings. The number of nitrogens with one attached hydrogen (secondary N) is 1. The van der Waals surface area contributed by atoms with E-state index in [4.69, 9.17) is 4.74 Å². The van der Waals surface area contributed by atoms with Gasteiger partial charge in [-0.05, 0) is 43.3 Å². The number of rotatable bonds is 5. The predicted octanol–water partition coefficient (Wildman–Crippen LogP) is 5.81. The van der Waals surface area contributed by atoms with E-state index in [1.165, 1.54) is 12.1 Å². The Hall–Kier alpha value is -0.910. The molecule has 1 unspecified atom stereocenters. The second-order valence-corrected chi connectivity index (χ2v) is 6.44. The summed E-state index contributed by atoms with van der Waals surface area (Å²) in [5, 5.41) is 3.36. The fourth-order valence-corrected chi connectivity index (χ4v) is 3.21. The summed E-state index contributed by atoms with van der Waals surface area (Å²) in [5.41, 5.74) is 1.16. The van der Waals surface area contributed by atoms with Gasteiger partial charge < -0.3 is 10.1 Å². The standard InChI is InChI=1S/C16H16Br2FNO/c1-3-20-10(2)15-5-4-13(9-16(15)18)21-14-7-11(17)6-12(19)8-14/h4-10,20H,3H2,1-2H3. The normalized spacial score (nSPS) is 12.2. The molecule has 2 nitrogen and oxygen atoms in total. The van der Waals surface area contributed by atoms with Crippen molar-refractivity contribution in [3.63, 3.8) is 0 Å². The second kappa shape index (κ2) is 7.38. The highest BCUT2D eigenvalue weighted by molar-refractivity contribution is 9.10. The van der Waals surface area contributed by atoms with Crippen LogP contribution in [0.15, 0.2) is 45.3 Å². The molecule has 5 heteroatoms. The Morgan fingerprint density at radius 1 is 1.14 bits per heavy atom. The zero-order valence-corrected chi connectivity index (χ0v) is 15.0. The van der Waals surface area contributed by atoms with Gasteiger partial charge in [-0.1, -0.05) is 44.8 Å². The molecular formula is C16H16Br2FNO. The molecule has 0 aliphatic heterocycles. The molecule has 2 aromatic rings. The maximum Gasteiger partial charge on any atom is 0.131 e. The van der Waals surface area contributed by atoms with E-state index in [0.29, 0.717) is 16.0 Å². The van der Waals surface area contributed by atoms with E-state index >= 15 is 0 Å². The zero-order chi connectivity index (χ0) is 15.4. The highest BCUT2D eigenvalue weighted by Crippen LogP contribution is 2.31. The molecule has 0 fully saturated rings. The van der Waals surface area contributed by atoms with Crippen LogP contribution in [0, 0.1) is 5.82 Å². The molecule has 0 aromatic heterocycles. The van der Waals surface area contributed by atoms with E-state index in [1.54, 1.807) is 6.07 Å². The van der Waals surface area contributed by atoms with Crippen LogP contribution in [0.3, 0.4) is 0 Å². The lowest BCUT2D eigenvalue weighted by Crippen LogP contribution is -2.17. The van der Waals surface area contributed by atoms with Crippen LogP contribution in [0.25, 0.3) is 0 Å². The summed E-state index contributed by atoms with van der Waals surface area (Å²) in [7, 11) is 0. The number of benzene rings is 2. The number of halogens is 3. The molecule has 0 amide bonds. The van der Waals surface area contributed by atoms with E-state index in [-0.39, 0.29) is 11.9 Å². The summed E-state index contributed by atoms with van der Waals surface area (Å²) >= 11 is 6.81. The van der Waals surface area contributed by atoms with Crippen molar-refractivity contribution in [1.82, 2.24) is 5.32 Å². The lowest BCUT2D eigenvalue weighted by Gasteiger charge is -2.15. The molecule has 21 heavy (non-hydrogen) atoms. The first-order valence-electron chi connectivity index (χ1n) is 6.66. The summed E-state index contributed by atoms with van der Waals surface area (Å²) in [5.74, 6) is 0.781. The molecule has 0 aliphatic carbocycles. The van der Waals surface area contributed by atoms with Gasteiger partial charge in [0.05, 0.1) is 0 Å². The van der Waals surface area contributed by atoms with E-state index in [1.807, 2.05) is 18.2 Å². The summed E-state index contributed by atoms with van der Waals surface area (Å²) in [6.07, 6.45) is 0. The van der Waals surface area contributed by atoms with Crippen LogP contribution in [-0.4, -0.2) is 6.54 Å². The molecule has 2 rings (SSSR count). The van der Waals surface area contributed by atoms with E-state index in [9.17, 15) is 4.39 Å². The van der Waals surface area contributed by atoms with Crippen LogP contribution in [0.1, 0.15) is 25.5 Å². The van der Waals surface area contributed by atoms with Gasteiger partial charge in [-0.25, -0.2) is 4.39 Å². The molecule has 0 radical (unpaired) electrons. The van der Waals surface area contributed by atoms with Crippen molar-refractivity contribution in [3.8, 4) is 11.5 Å². The third-order valence-corrected chi connectivity index (χ3v) is 4.17. The Bertz CT molecular complexity index is 613.